The van der Waals surface area contributed by atoms with E-state index in [-0.39, 0.29) is 17.7 Å². The number of amides is 1. The number of nitrogens with one attached hydrogen (secondary N) is 1. The van der Waals surface area contributed by atoms with E-state index in [0.717, 1.165) is 5.56 Å². The van der Waals surface area contributed by atoms with Crippen LogP contribution in [-0.4, -0.2) is 34.2 Å². The van der Waals surface area contributed by atoms with Crippen LogP contribution in [0.1, 0.15) is 12.0 Å². The number of aromatic hydroxyl groups is 1. The molecule has 0 heterocycles. The number of phenolic OH excluding ortho intramolecular Hbond substituents is 1. The maximum absolute atomic E-state index is 12.0. The van der Waals surface area contributed by atoms with Crippen LogP contribution in [0.15, 0.2) is 36.4 Å². The van der Waals surface area contributed by atoms with Crippen molar-refractivity contribution in [3.8, 4) is 5.75 Å². The molecule has 0 bridgehead atoms. The molecule has 1 aromatic carbocycles. The van der Waals surface area contributed by atoms with Crippen molar-refractivity contribution in [1.29, 1.82) is 0 Å². The highest BCUT2D eigenvalue weighted by molar-refractivity contribution is 5.82. The summed E-state index contributed by atoms with van der Waals surface area (Å²) in [4.78, 5) is 22.8. The molecule has 5 N–H and O–H groups in total. The van der Waals surface area contributed by atoms with Gasteiger partial charge in [-0.25, -0.2) is 0 Å². The van der Waals surface area contributed by atoms with Crippen LogP contribution in [0.2, 0.25) is 0 Å². The molecule has 0 saturated heterocycles. The van der Waals surface area contributed by atoms with Crippen molar-refractivity contribution in [3.63, 3.8) is 0 Å². The van der Waals surface area contributed by atoms with Gasteiger partial charge in [0, 0.05) is 6.04 Å². The summed E-state index contributed by atoms with van der Waals surface area (Å²) >= 11 is 0. The Labute approximate surface area is 122 Å². The first-order chi connectivity index (χ1) is 9.95. The highest BCUT2D eigenvalue weighted by Crippen LogP contribution is 2.18. The zero-order chi connectivity index (χ0) is 15.4. The van der Waals surface area contributed by atoms with Gasteiger partial charge in [0.15, 0.2) is 0 Å². The summed E-state index contributed by atoms with van der Waals surface area (Å²) in [5.41, 5.74) is 6.69. The monoisotopic (exact) mass is 290 g/mol. The second kappa shape index (κ2) is 6.41. The summed E-state index contributed by atoms with van der Waals surface area (Å²) in [6.45, 7) is 0. The minimum atomic E-state index is -0.892. The third-order valence-electron chi connectivity index (χ3n) is 3.46. The molecule has 6 nitrogen and oxygen atoms in total. The molecule has 1 aliphatic carbocycles. The quantitative estimate of drug-likeness (QED) is 0.587. The topological polar surface area (TPSA) is 113 Å². The number of hydrogen-bond donors (Lipinski definition) is 4. The third-order valence-corrected chi connectivity index (χ3v) is 3.46. The number of carboxylic acids is 1. The Hall–Kier alpha value is -2.34. The van der Waals surface area contributed by atoms with Crippen molar-refractivity contribution in [2.24, 2.45) is 11.7 Å². The van der Waals surface area contributed by atoms with Gasteiger partial charge < -0.3 is 21.3 Å². The predicted octanol–water partition coefficient (Wildman–Crippen LogP) is 0.407. The Morgan fingerprint density at radius 3 is 2.52 bits per heavy atom. The van der Waals surface area contributed by atoms with Crippen molar-refractivity contribution in [1.82, 2.24) is 5.32 Å². The summed E-state index contributed by atoms with van der Waals surface area (Å²) in [6.07, 6.45) is 3.97. The van der Waals surface area contributed by atoms with Crippen molar-refractivity contribution >= 4 is 11.9 Å². The lowest BCUT2D eigenvalue weighted by molar-refractivity contribution is -0.140. The molecule has 0 saturated carbocycles. The molecule has 21 heavy (non-hydrogen) atoms. The number of hydrogen-bond acceptors (Lipinski definition) is 4. The number of nitrogens with two attached hydrogens (primary N) is 1. The van der Waals surface area contributed by atoms with Gasteiger partial charge in [-0.3, -0.25) is 9.59 Å². The zero-order valence-electron chi connectivity index (χ0n) is 11.4. The molecule has 0 aliphatic heterocycles. The van der Waals surface area contributed by atoms with Gasteiger partial charge in [0.1, 0.15) is 5.75 Å². The number of carboxylic acid groups (broad SMARTS) is 1. The lowest BCUT2D eigenvalue weighted by Gasteiger charge is -2.16. The molecule has 0 aromatic heterocycles. The molecular weight excluding hydrogens is 272 g/mol. The maximum Gasteiger partial charge on any atom is 0.310 e. The predicted molar refractivity (Wildman–Crippen MR) is 76.6 cm³/mol. The van der Waals surface area contributed by atoms with E-state index in [1.807, 2.05) is 0 Å². The van der Waals surface area contributed by atoms with Crippen LogP contribution in [0, 0.1) is 5.92 Å². The van der Waals surface area contributed by atoms with E-state index in [1.165, 1.54) is 12.1 Å². The fourth-order valence-electron chi connectivity index (χ4n) is 2.26. The average Bonchev–Trinajstić information content (AvgIpc) is 2.90. The molecule has 2 unspecified atom stereocenters. The Bertz CT molecular complexity index is 553. The maximum atomic E-state index is 12.0. The fraction of sp³-hybridized carbons (Fsp3) is 0.333. The lowest BCUT2D eigenvalue weighted by Crippen LogP contribution is -2.45. The zero-order valence-corrected chi connectivity index (χ0v) is 11.4. The van der Waals surface area contributed by atoms with Gasteiger partial charge in [0.05, 0.1) is 12.0 Å². The van der Waals surface area contributed by atoms with E-state index in [9.17, 15) is 14.7 Å². The molecule has 112 valence electrons. The molecule has 1 amide bonds. The Kier molecular flexibility index (Phi) is 4.59. The Morgan fingerprint density at radius 2 is 1.95 bits per heavy atom. The molecule has 6 heteroatoms. The first-order valence-electron chi connectivity index (χ1n) is 6.70. The molecule has 0 radical (unpaired) electrons. The van der Waals surface area contributed by atoms with Gasteiger partial charge in [0.2, 0.25) is 5.91 Å². The number of phenols is 1. The minimum Gasteiger partial charge on any atom is -0.508 e. The van der Waals surface area contributed by atoms with E-state index >= 15 is 0 Å². The molecule has 0 fully saturated rings. The number of carbonyl (C=O) groups is 2. The molecule has 0 spiro atoms. The van der Waals surface area contributed by atoms with Crippen LogP contribution in [0.4, 0.5) is 0 Å². The number of rotatable bonds is 5. The Balaban J connectivity index is 1.85. The van der Waals surface area contributed by atoms with E-state index in [1.54, 1.807) is 24.3 Å². The second-order valence-electron chi connectivity index (χ2n) is 5.16. The summed E-state index contributed by atoms with van der Waals surface area (Å²) in [6, 6.07) is 5.49. The van der Waals surface area contributed by atoms with Crippen molar-refractivity contribution in [2.45, 2.75) is 24.9 Å². The molecular formula is C15H18N2O4. The summed E-state index contributed by atoms with van der Waals surface area (Å²) in [7, 11) is 0. The highest BCUT2D eigenvalue weighted by atomic mass is 16.4. The molecule has 1 aromatic rings. The van der Waals surface area contributed by atoms with Crippen LogP contribution in [0.25, 0.3) is 0 Å². The van der Waals surface area contributed by atoms with Crippen LogP contribution in [-0.2, 0) is 16.0 Å². The van der Waals surface area contributed by atoms with Gasteiger partial charge >= 0.3 is 5.97 Å². The van der Waals surface area contributed by atoms with E-state index in [0.29, 0.717) is 12.8 Å². The second-order valence-corrected chi connectivity index (χ2v) is 5.16. The van der Waals surface area contributed by atoms with Crippen molar-refractivity contribution in [3.05, 3.63) is 42.0 Å². The first kappa shape index (κ1) is 15.1. The minimum absolute atomic E-state index is 0.160. The van der Waals surface area contributed by atoms with E-state index in [2.05, 4.69) is 5.32 Å². The van der Waals surface area contributed by atoms with Crippen molar-refractivity contribution < 1.29 is 19.8 Å². The molecule has 3 atom stereocenters. The van der Waals surface area contributed by atoms with Gasteiger partial charge in [-0.1, -0.05) is 24.3 Å². The van der Waals surface area contributed by atoms with Crippen molar-refractivity contribution in [2.75, 3.05) is 0 Å². The van der Waals surface area contributed by atoms with Crippen LogP contribution >= 0.6 is 0 Å². The summed E-state index contributed by atoms with van der Waals surface area (Å²) in [5, 5.41) is 20.8. The average molecular weight is 290 g/mol. The van der Waals surface area contributed by atoms with Gasteiger partial charge in [-0.05, 0) is 30.5 Å². The van der Waals surface area contributed by atoms with E-state index in [4.69, 9.17) is 10.8 Å². The SMILES string of the molecule is N[C@@H](Cc1ccc(O)cc1)C(=O)NC1C=CC(C(=O)O)C1. The van der Waals surface area contributed by atoms with E-state index < -0.39 is 17.9 Å². The number of carbonyl (C=O) groups excluding carboxylic acids is 1. The van der Waals surface area contributed by atoms with Gasteiger partial charge in [0.25, 0.3) is 0 Å². The van der Waals surface area contributed by atoms with Crippen LogP contribution < -0.4 is 11.1 Å². The highest BCUT2D eigenvalue weighted by Gasteiger charge is 2.26. The number of aliphatic carboxylic acids is 1. The van der Waals surface area contributed by atoms with Crippen LogP contribution in [0.5, 0.6) is 5.75 Å². The van der Waals surface area contributed by atoms with Crippen LogP contribution in [0.3, 0.4) is 0 Å². The largest absolute Gasteiger partial charge is 0.508 e. The van der Waals surface area contributed by atoms with Gasteiger partial charge in [-0.15, -0.1) is 0 Å². The first-order valence-corrected chi connectivity index (χ1v) is 6.70. The lowest BCUT2D eigenvalue weighted by atomic mass is 10.0. The summed E-state index contributed by atoms with van der Waals surface area (Å²) in [5.74, 6) is -1.60. The molecule has 2 rings (SSSR count). The Morgan fingerprint density at radius 1 is 1.29 bits per heavy atom. The summed E-state index contributed by atoms with van der Waals surface area (Å²) < 4.78 is 0. The van der Waals surface area contributed by atoms with Gasteiger partial charge in [-0.2, -0.15) is 0 Å². The third kappa shape index (κ3) is 4.06. The molecule has 1 aliphatic rings. The standard InChI is InChI=1S/C15H18N2O4/c16-13(7-9-1-5-12(18)6-2-9)14(19)17-11-4-3-10(8-11)15(20)21/h1-6,10-11,13,18H,7-8,16H2,(H,17,19)(H,20,21)/t10?,11?,13-/m0/s1. The smallest absolute Gasteiger partial charge is 0.310 e. The fourth-order valence-corrected chi connectivity index (χ4v) is 2.26. The number of benzene rings is 1. The normalized spacial score (nSPS) is 22.0.